The fourth-order valence-corrected chi connectivity index (χ4v) is 2.61. The number of nitrogens with zero attached hydrogens (tertiary/aromatic N) is 1. The lowest BCUT2D eigenvalue weighted by molar-refractivity contribution is -0.121. The van der Waals surface area contributed by atoms with E-state index in [1.807, 2.05) is 38.1 Å². The molecule has 3 rings (SSSR count). The van der Waals surface area contributed by atoms with Gasteiger partial charge in [-0.25, -0.2) is 0 Å². The number of hydrogen-bond donors (Lipinski definition) is 2. The van der Waals surface area contributed by atoms with E-state index in [0.29, 0.717) is 5.92 Å². The number of amides is 1. The Morgan fingerprint density at radius 3 is 2.42 bits per heavy atom. The monoisotopic (exact) mass is 367 g/mol. The van der Waals surface area contributed by atoms with E-state index in [1.54, 1.807) is 12.4 Å². The molecule has 1 amide bonds. The molecular formula is C18H23Cl2N3O. The van der Waals surface area contributed by atoms with Gasteiger partial charge in [0.15, 0.2) is 0 Å². The van der Waals surface area contributed by atoms with E-state index in [4.69, 9.17) is 0 Å². The largest absolute Gasteiger partial charge is 0.326 e. The number of anilines is 1. The van der Waals surface area contributed by atoms with Crippen molar-refractivity contribution >= 4 is 36.4 Å². The summed E-state index contributed by atoms with van der Waals surface area (Å²) < 4.78 is 0. The second-order valence-electron chi connectivity index (χ2n) is 5.96. The van der Waals surface area contributed by atoms with E-state index in [1.165, 1.54) is 0 Å². The van der Waals surface area contributed by atoms with Crippen LogP contribution in [-0.4, -0.2) is 24.0 Å². The lowest BCUT2D eigenvalue weighted by atomic mass is 9.88. The van der Waals surface area contributed by atoms with E-state index in [0.717, 1.165) is 35.5 Å². The number of aryl methyl sites for hydroxylation is 1. The summed E-state index contributed by atoms with van der Waals surface area (Å²) in [7, 11) is 0. The quantitative estimate of drug-likeness (QED) is 0.865. The van der Waals surface area contributed by atoms with Crippen molar-refractivity contribution in [3.63, 3.8) is 0 Å². The van der Waals surface area contributed by atoms with Gasteiger partial charge in [0.1, 0.15) is 0 Å². The summed E-state index contributed by atoms with van der Waals surface area (Å²) in [6.07, 6.45) is 3.55. The van der Waals surface area contributed by atoms with Crippen LogP contribution in [0.3, 0.4) is 0 Å². The lowest BCUT2D eigenvalue weighted by Crippen LogP contribution is -2.48. The van der Waals surface area contributed by atoms with Gasteiger partial charge < -0.3 is 10.6 Å². The van der Waals surface area contributed by atoms with Gasteiger partial charge in [-0.3, -0.25) is 9.78 Å². The zero-order valence-corrected chi connectivity index (χ0v) is 15.4. The maximum atomic E-state index is 12.4. The third kappa shape index (κ3) is 4.47. The Balaban J connectivity index is 0.00000144. The molecule has 1 aromatic carbocycles. The van der Waals surface area contributed by atoms with Gasteiger partial charge >= 0.3 is 0 Å². The standard InChI is InChI=1S/C18H21N3O.2ClH/c1-12-3-4-15(14-5-7-19-8-6-14)9-17(12)21-18(22)13(2)16-10-20-11-16;;/h3-9,13,16,20H,10-11H2,1-2H3,(H,21,22);2*1H. The van der Waals surface area contributed by atoms with Crippen LogP contribution in [0, 0.1) is 18.8 Å². The normalized spacial score (nSPS) is 14.6. The molecule has 0 bridgehead atoms. The fourth-order valence-electron chi connectivity index (χ4n) is 2.61. The van der Waals surface area contributed by atoms with Crippen LogP contribution in [0.4, 0.5) is 5.69 Å². The van der Waals surface area contributed by atoms with Crippen molar-refractivity contribution in [2.24, 2.45) is 11.8 Å². The van der Waals surface area contributed by atoms with Crippen LogP contribution in [0.5, 0.6) is 0 Å². The van der Waals surface area contributed by atoms with Gasteiger partial charge in [-0.1, -0.05) is 19.1 Å². The van der Waals surface area contributed by atoms with E-state index in [2.05, 4.69) is 21.7 Å². The van der Waals surface area contributed by atoms with Crippen molar-refractivity contribution in [1.82, 2.24) is 10.3 Å². The van der Waals surface area contributed by atoms with Crippen LogP contribution in [-0.2, 0) is 4.79 Å². The number of aromatic nitrogens is 1. The van der Waals surface area contributed by atoms with Crippen molar-refractivity contribution in [2.75, 3.05) is 18.4 Å². The first-order chi connectivity index (χ1) is 10.6. The molecule has 1 saturated heterocycles. The Labute approximate surface area is 155 Å². The van der Waals surface area contributed by atoms with Crippen LogP contribution in [0.1, 0.15) is 12.5 Å². The smallest absolute Gasteiger partial charge is 0.227 e. The van der Waals surface area contributed by atoms with Gasteiger partial charge in [-0.2, -0.15) is 0 Å². The third-order valence-electron chi connectivity index (χ3n) is 4.44. The van der Waals surface area contributed by atoms with E-state index < -0.39 is 0 Å². The zero-order chi connectivity index (χ0) is 15.5. The van der Waals surface area contributed by atoms with Gasteiger partial charge in [-0.05, 0) is 60.8 Å². The number of rotatable bonds is 4. The highest BCUT2D eigenvalue weighted by molar-refractivity contribution is 5.94. The molecule has 0 aliphatic carbocycles. The number of nitrogens with one attached hydrogen (secondary N) is 2. The predicted molar refractivity (Wildman–Crippen MR) is 103 cm³/mol. The summed E-state index contributed by atoms with van der Waals surface area (Å²) in [6.45, 7) is 5.89. The number of benzene rings is 1. The predicted octanol–water partition coefficient (Wildman–Crippen LogP) is 3.69. The molecule has 6 heteroatoms. The van der Waals surface area contributed by atoms with Crippen LogP contribution in [0.2, 0.25) is 0 Å². The van der Waals surface area contributed by atoms with Crippen LogP contribution >= 0.6 is 24.8 Å². The molecule has 130 valence electrons. The molecule has 0 spiro atoms. The Hall–Kier alpha value is -1.62. The molecule has 1 unspecified atom stereocenters. The van der Waals surface area contributed by atoms with Crippen LogP contribution in [0.15, 0.2) is 42.7 Å². The van der Waals surface area contributed by atoms with Gasteiger partial charge in [0.25, 0.3) is 0 Å². The highest BCUT2D eigenvalue weighted by Gasteiger charge is 2.28. The maximum Gasteiger partial charge on any atom is 0.227 e. The lowest BCUT2D eigenvalue weighted by Gasteiger charge is -2.31. The van der Waals surface area contributed by atoms with E-state index in [-0.39, 0.29) is 36.6 Å². The number of hydrogen-bond acceptors (Lipinski definition) is 3. The molecule has 0 saturated carbocycles. The van der Waals surface area contributed by atoms with Crippen molar-refractivity contribution < 1.29 is 4.79 Å². The molecule has 1 aliphatic heterocycles. The highest BCUT2D eigenvalue weighted by Crippen LogP contribution is 2.26. The second kappa shape index (κ2) is 9.02. The molecule has 4 nitrogen and oxygen atoms in total. The number of carbonyl (C=O) groups is 1. The van der Waals surface area contributed by atoms with Gasteiger partial charge in [0, 0.05) is 24.0 Å². The SMILES string of the molecule is Cc1ccc(-c2ccncc2)cc1NC(=O)C(C)C1CNC1.Cl.Cl. The molecule has 0 radical (unpaired) electrons. The molecule has 1 aromatic heterocycles. The molecule has 2 heterocycles. The Morgan fingerprint density at radius 1 is 1.17 bits per heavy atom. The topological polar surface area (TPSA) is 54.0 Å². The average molecular weight is 368 g/mol. The molecule has 1 fully saturated rings. The number of halogens is 2. The first kappa shape index (κ1) is 20.4. The Morgan fingerprint density at radius 2 is 1.83 bits per heavy atom. The molecule has 1 aliphatic rings. The van der Waals surface area contributed by atoms with Crippen LogP contribution in [0.25, 0.3) is 11.1 Å². The van der Waals surface area contributed by atoms with Crippen molar-refractivity contribution in [2.45, 2.75) is 13.8 Å². The minimum atomic E-state index is 0. The summed E-state index contributed by atoms with van der Waals surface area (Å²) in [6, 6.07) is 10.1. The summed E-state index contributed by atoms with van der Waals surface area (Å²) in [4.78, 5) is 16.4. The van der Waals surface area contributed by atoms with Crippen molar-refractivity contribution in [1.29, 1.82) is 0 Å². The molecule has 24 heavy (non-hydrogen) atoms. The highest BCUT2D eigenvalue weighted by atomic mass is 35.5. The molecule has 2 aromatic rings. The molecule has 1 atom stereocenters. The minimum Gasteiger partial charge on any atom is -0.326 e. The first-order valence-electron chi connectivity index (χ1n) is 7.68. The first-order valence-corrected chi connectivity index (χ1v) is 7.68. The Kier molecular flexibility index (Phi) is 7.67. The Bertz CT molecular complexity index is 675. The maximum absolute atomic E-state index is 12.4. The van der Waals surface area contributed by atoms with Crippen molar-refractivity contribution in [3.8, 4) is 11.1 Å². The van der Waals surface area contributed by atoms with Crippen LogP contribution < -0.4 is 10.6 Å². The summed E-state index contributed by atoms with van der Waals surface area (Å²) >= 11 is 0. The number of carbonyl (C=O) groups excluding carboxylic acids is 1. The second-order valence-corrected chi connectivity index (χ2v) is 5.96. The zero-order valence-electron chi connectivity index (χ0n) is 13.8. The van der Waals surface area contributed by atoms with E-state index >= 15 is 0 Å². The molecule has 2 N–H and O–H groups in total. The van der Waals surface area contributed by atoms with Gasteiger partial charge in [0.2, 0.25) is 5.91 Å². The molecular weight excluding hydrogens is 345 g/mol. The minimum absolute atomic E-state index is 0. The summed E-state index contributed by atoms with van der Waals surface area (Å²) in [5.41, 5.74) is 4.14. The summed E-state index contributed by atoms with van der Waals surface area (Å²) in [5.74, 6) is 0.579. The fraction of sp³-hybridized carbons (Fsp3) is 0.333. The number of pyridine rings is 1. The van der Waals surface area contributed by atoms with Gasteiger partial charge in [-0.15, -0.1) is 24.8 Å². The summed E-state index contributed by atoms with van der Waals surface area (Å²) in [5, 5.41) is 6.30. The van der Waals surface area contributed by atoms with Gasteiger partial charge in [0.05, 0.1) is 0 Å². The third-order valence-corrected chi connectivity index (χ3v) is 4.44. The average Bonchev–Trinajstić information content (AvgIpc) is 2.48. The van der Waals surface area contributed by atoms with Crippen molar-refractivity contribution in [3.05, 3.63) is 48.3 Å². The van der Waals surface area contributed by atoms with E-state index in [9.17, 15) is 4.79 Å².